The largest absolute Gasteiger partial charge is 0.364 e. The Kier molecular flexibility index (Phi) is 2.60. The second-order valence-electron chi connectivity index (χ2n) is 3.04. The smallest absolute Gasteiger partial charge is 0.272 e. The van der Waals surface area contributed by atoms with Crippen LogP contribution in [-0.2, 0) is 0 Å². The summed E-state index contributed by atoms with van der Waals surface area (Å²) >= 11 is 1.03. The Morgan fingerprint density at radius 2 is 2.14 bits per heavy atom. The maximum atomic E-state index is 11.0. The van der Waals surface area contributed by atoms with Crippen LogP contribution in [0.4, 0.5) is 5.82 Å². The van der Waals surface area contributed by atoms with E-state index in [0.29, 0.717) is 5.82 Å². The van der Waals surface area contributed by atoms with Gasteiger partial charge in [0.2, 0.25) is 0 Å². The number of hydrogen-bond acceptors (Lipinski definition) is 6. The lowest BCUT2D eigenvalue weighted by Gasteiger charge is -2.27. The molecule has 0 bridgehead atoms. The van der Waals surface area contributed by atoms with Gasteiger partial charge < -0.3 is 16.0 Å². The normalized spacial score (nSPS) is 17.0. The molecule has 0 atom stereocenters. The highest BCUT2D eigenvalue weighted by Gasteiger charge is 2.20. The van der Waals surface area contributed by atoms with E-state index in [-0.39, 0.29) is 5.69 Å². The van der Waals surface area contributed by atoms with Crippen LogP contribution < -0.4 is 16.0 Å². The molecule has 1 aliphatic rings. The average molecular weight is 213 g/mol. The third-order valence-corrected chi connectivity index (χ3v) is 2.64. The minimum atomic E-state index is -0.507. The molecular weight excluding hydrogens is 202 g/mol. The molecule has 1 aromatic heterocycles. The average Bonchev–Trinajstić information content (AvgIpc) is 2.67. The lowest BCUT2D eigenvalue weighted by molar-refractivity contribution is 0.0997. The molecule has 0 aliphatic carbocycles. The predicted molar refractivity (Wildman–Crippen MR) is 53.5 cm³/mol. The van der Waals surface area contributed by atoms with Crippen molar-refractivity contribution in [2.45, 2.75) is 0 Å². The monoisotopic (exact) mass is 213 g/mol. The van der Waals surface area contributed by atoms with Crippen LogP contribution in [0.25, 0.3) is 0 Å². The number of primary amides is 1. The van der Waals surface area contributed by atoms with E-state index in [4.69, 9.17) is 5.73 Å². The summed E-state index contributed by atoms with van der Waals surface area (Å²) in [5, 5.41) is 3.22. The van der Waals surface area contributed by atoms with Crippen molar-refractivity contribution in [3.05, 3.63) is 5.69 Å². The topological polar surface area (TPSA) is 84.1 Å². The number of anilines is 1. The van der Waals surface area contributed by atoms with E-state index in [1.54, 1.807) is 0 Å². The third-order valence-electron chi connectivity index (χ3n) is 2.12. The number of hydrogen-bond donors (Lipinski definition) is 2. The number of aromatic nitrogens is 2. The van der Waals surface area contributed by atoms with Crippen molar-refractivity contribution in [3.63, 3.8) is 0 Å². The number of carbonyl (C=O) groups is 1. The second kappa shape index (κ2) is 3.89. The van der Waals surface area contributed by atoms with Gasteiger partial charge in [-0.25, -0.2) is 0 Å². The first-order valence-corrected chi connectivity index (χ1v) is 5.10. The second-order valence-corrected chi connectivity index (χ2v) is 3.57. The van der Waals surface area contributed by atoms with Crippen LogP contribution in [0.3, 0.4) is 0 Å². The molecule has 0 saturated carbocycles. The Morgan fingerprint density at radius 3 is 2.79 bits per heavy atom. The number of carbonyl (C=O) groups excluding carboxylic acids is 1. The summed E-state index contributed by atoms with van der Waals surface area (Å²) in [5.41, 5.74) is 5.48. The first-order valence-electron chi connectivity index (χ1n) is 4.37. The van der Waals surface area contributed by atoms with Crippen LogP contribution in [0.1, 0.15) is 10.5 Å². The molecule has 14 heavy (non-hydrogen) atoms. The van der Waals surface area contributed by atoms with Gasteiger partial charge in [-0.3, -0.25) is 4.79 Å². The molecule has 0 aromatic carbocycles. The standard InChI is InChI=1S/C7H11N5OS/c8-6(13)5-7(11-14-10-5)12-3-1-9-2-4-12/h9H,1-4H2,(H2,8,13). The highest BCUT2D eigenvalue weighted by molar-refractivity contribution is 6.99. The summed E-state index contributed by atoms with van der Waals surface area (Å²) in [7, 11) is 0. The molecule has 2 rings (SSSR count). The van der Waals surface area contributed by atoms with Gasteiger partial charge in [0.25, 0.3) is 5.91 Å². The summed E-state index contributed by atoms with van der Waals surface area (Å²) in [5.74, 6) is 0.122. The Morgan fingerprint density at radius 1 is 1.43 bits per heavy atom. The van der Waals surface area contributed by atoms with Crippen molar-refractivity contribution in [2.24, 2.45) is 5.73 Å². The molecule has 2 heterocycles. The Balaban J connectivity index is 2.21. The highest BCUT2D eigenvalue weighted by atomic mass is 32.1. The number of amides is 1. The van der Waals surface area contributed by atoms with Crippen molar-refractivity contribution in [1.29, 1.82) is 0 Å². The Hall–Kier alpha value is -1.21. The minimum absolute atomic E-state index is 0.289. The van der Waals surface area contributed by atoms with Crippen LogP contribution in [0, 0.1) is 0 Å². The number of nitrogens with zero attached hydrogens (tertiary/aromatic N) is 3. The van der Waals surface area contributed by atoms with Crippen LogP contribution in [-0.4, -0.2) is 40.8 Å². The molecule has 0 spiro atoms. The van der Waals surface area contributed by atoms with E-state index in [2.05, 4.69) is 14.1 Å². The van der Waals surface area contributed by atoms with Gasteiger partial charge in [0.05, 0.1) is 11.7 Å². The summed E-state index contributed by atoms with van der Waals surface area (Å²) < 4.78 is 7.97. The summed E-state index contributed by atoms with van der Waals surface area (Å²) in [6, 6.07) is 0. The lowest BCUT2D eigenvalue weighted by Crippen LogP contribution is -2.44. The zero-order valence-electron chi connectivity index (χ0n) is 7.56. The van der Waals surface area contributed by atoms with Gasteiger partial charge in [0.15, 0.2) is 11.5 Å². The molecule has 1 saturated heterocycles. The van der Waals surface area contributed by atoms with Crippen LogP contribution >= 0.6 is 11.7 Å². The zero-order chi connectivity index (χ0) is 9.97. The van der Waals surface area contributed by atoms with Crippen molar-refractivity contribution in [3.8, 4) is 0 Å². The number of nitrogens with one attached hydrogen (secondary N) is 1. The van der Waals surface area contributed by atoms with Gasteiger partial charge >= 0.3 is 0 Å². The summed E-state index contributed by atoms with van der Waals surface area (Å²) in [6.07, 6.45) is 0. The van der Waals surface area contributed by atoms with Crippen LogP contribution in [0.2, 0.25) is 0 Å². The van der Waals surface area contributed by atoms with Gasteiger partial charge in [-0.05, 0) is 0 Å². The lowest BCUT2D eigenvalue weighted by atomic mass is 10.3. The van der Waals surface area contributed by atoms with Gasteiger partial charge in [-0.15, -0.1) is 0 Å². The fourth-order valence-electron chi connectivity index (χ4n) is 1.42. The fourth-order valence-corrected chi connectivity index (χ4v) is 2.00. The molecular formula is C7H11N5OS. The Bertz CT molecular complexity index is 333. The van der Waals surface area contributed by atoms with Crippen molar-refractivity contribution in [2.75, 3.05) is 31.1 Å². The van der Waals surface area contributed by atoms with Crippen LogP contribution in [0.15, 0.2) is 0 Å². The Labute approximate surface area is 85.4 Å². The predicted octanol–water partition coefficient (Wildman–Crippen LogP) is -0.953. The molecule has 1 aliphatic heterocycles. The summed E-state index contributed by atoms with van der Waals surface area (Å²) in [4.78, 5) is 13.0. The SMILES string of the molecule is NC(=O)c1nsnc1N1CCNCC1. The van der Waals surface area contributed by atoms with E-state index in [1.807, 2.05) is 4.90 Å². The van der Waals surface area contributed by atoms with E-state index in [1.165, 1.54) is 0 Å². The van der Waals surface area contributed by atoms with Crippen molar-refractivity contribution >= 4 is 23.5 Å². The molecule has 0 radical (unpaired) electrons. The molecule has 7 heteroatoms. The molecule has 1 aromatic rings. The molecule has 1 amide bonds. The quantitative estimate of drug-likeness (QED) is 0.661. The molecule has 3 N–H and O–H groups in total. The van der Waals surface area contributed by atoms with Crippen molar-refractivity contribution in [1.82, 2.24) is 14.1 Å². The molecule has 76 valence electrons. The maximum absolute atomic E-state index is 11.0. The zero-order valence-corrected chi connectivity index (χ0v) is 8.38. The molecule has 6 nitrogen and oxygen atoms in total. The first-order chi connectivity index (χ1) is 6.79. The highest BCUT2D eigenvalue weighted by Crippen LogP contribution is 2.17. The first kappa shape index (κ1) is 9.35. The van der Waals surface area contributed by atoms with Crippen molar-refractivity contribution < 1.29 is 4.79 Å². The van der Waals surface area contributed by atoms with Gasteiger partial charge in [-0.2, -0.15) is 8.75 Å². The van der Waals surface area contributed by atoms with Gasteiger partial charge in [-0.1, -0.05) is 0 Å². The van der Waals surface area contributed by atoms with Crippen LogP contribution in [0.5, 0.6) is 0 Å². The van der Waals surface area contributed by atoms with E-state index in [9.17, 15) is 4.79 Å². The number of piperazine rings is 1. The third kappa shape index (κ3) is 1.68. The van der Waals surface area contributed by atoms with Gasteiger partial charge in [0.1, 0.15) is 0 Å². The van der Waals surface area contributed by atoms with E-state index >= 15 is 0 Å². The fraction of sp³-hybridized carbons (Fsp3) is 0.571. The van der Waals surface area contributed by atoms with Gasteiger partial charge in [0, 0.05) is 26.2 Å². The minimum Gasteiger partial charge on any atom is -0.364 e. The maximum Gasteiger partial charge on any atom is 0.272 e. The van der Waals surface area contributed by atoms with E-state index < -0.39 is 5.91 Å². The molecule has 0 unspecified atom stereocenters. The number of nitrogens with two attached hydrogens (primary N) is 1. The molecule has 1 fully saturated rings. The summed E-state index contributed by atoms with van der Waals surface area (Å²) in [6.45, 7) is 3.48. The van der Waals surface area contributed by atoms with E-state index in [0.717, 1.165) is 37.9 Å². The number of rotatable bonds is 2.